The molecule has 1 aromatic carbocycles. The van der Waals surface area contributed by atoms with Gasteiger partial charge in [-0.05, 0) is 38.5 Å². The van der Waals surface area contributed by atoms with Crippen molar-refractivity contribution in [2.45, 2.75) is 50.0 Å². The van der Waals surface area contributed by atoms with Gasteiger partial charge in [0.05, 0.1) is 10.8 Å². The van der Waals surface area contributed by atoms with Crippen LogP contribution in [0.2, 0.25) is 0 Å². The van der Waals surface area contributed by atoms with Crippen LogP contribution in [-0.2, 0) is 14.6 Å². The quantitative estimate of drug-likeness (QED) is 0.823. The number of sulfone groups is 1. The predicted octanol–water partition coefficient (Wildman–Crippen LogP) is 1.95. The van der Waals surface area contributed by atoms with Crippen LogP contribution in [0.4, 0.5) is 9.18 Å². The molecule has 3 N–H and O–H groups in total. The minimum atomic E-state index is -3.49. The molecule has 0 unspecified atom stereocenters. The van der Waals surface area contributed by atoms with Crippen LogP contribution in [0, 0.1) is 5.82 Å². The summed E-state index contributed by atoms with van der Waals surface area (Å²) in [6, 6.07) is 5.56. The van der Waals surface area contributed by atoms with Gasteiger partial charge in [0.1, 0.15) is 11.4 Å². The Hall–Kier alpha value is -1.67. The highest BCUT2D eigenvalue weighted by Gasteiger charge is 2.71. The molecule has 8 heteroatoms. The van der Waals surface area contributed by atoms with Crippen LogP contribution in [0.3, 0.4) is 0 Å². The van der Waals surface area contributed by atoms with E-state index in [2.05, 4.69) is 5.32 Å². The van der Waals surface area contributed by atoms with E-state index in [1.165, 1.54) is 24.3 Å². The summed E-state index contributed by atoms with van der Waals surface area (Å²) in [7, 11) is -3.49. The van der Waals surface area contributed by atoms with Crippen molar-refractivity contribution < 1.29 is 22.3 Å². The minimum Gasteiger partial charge on any atom is -0.444 e. The fraction of sp³-hybridized carbons (Fsp3) is 0.588. The first-order valence-electron chi connectivity index (χ1n) is 8.15. The highest BCUT2D eigenvalue weighted by Crippen LogP contribution is 2.55. The molecule has 6 nitrogen and oxygen atoms in total. The van der Waals surface area contributed by atoms with Gasteiger partial charge in [0.2, 0.25) is 0 Å². The Morgan fingerprint density at radius 3 is 2.32 bits per heavy atom. The van der Waals surface area contributed by atoms with Crippen molar-refractivity contribution in [3.05, 3.63) is 35.6 Å². The van der Waals surface area contributed by atoms with E-state index in [0.717, 1.165) is 0 Å². The molecule has 1 aliphatic carbocycles. The number of carbonyl (C=O) groups is 1. The van der Waals surface area contributed by atoms with Crippen molar-refractivity contribution in [3.8, 4) is 0 Å². The molecule has 1 aliphatic rings. The predicted molar refractivity (Wildman–Crippen MR) is 93.5 cm³/mol. The maximum atomic E-state index is 13.2. The third kappa shape index (κ3) is 3.95. The van der Waals surface area contributed by atoms with E-state index in [-0.39, 0.29) is 12.3 Å². The Morgan fingerprint density at radius 1 is 1.32 bits per heavy atom. The molecule has 1 amide bonds. The van der Waals surface area contributed by atoms with Gasteiger partial charge >= 0.3 is 6.09 Å². The summed E-state index contributed by atoms with van der Waals surface area (Å²) in [5.41, 5.74) is 4.61. The highest BCUT2D eigenvalue weighted by molar-refractivity contribution is 7.92. The lowest BCUT2D eigenvalue weighted by atomic mass is 10.1. The Bertz CT molecular complexity index is 743. The van der Waals surface area contributed by atoms with Gasteiger partial charge in [0, 0.05) is 18.2 Å². The first-order valence-corrected chi connectivity index (χ1v) is 9.86. The first kappa shape index (κ1) is 19.7. The van der Waals surface area contributed by atoms with Gasteiger partial charge in [0.25, 0.3) is 0 Å². The number of hydrogen-bond donors (Lipinski definition) is 2. The lowest BCUT2D eigenvalue weighted by Gasteiger charge is -2.24. The number of amides is 1. The second-order valence-corrected chi connectivity index (χ2v) is 9.68. The number of carbonyl (C=O) groups excluding carboxylic acids is 1. The molecule has 0 saturated heterocycles. The van der Waals surface area contributed by atoms with Gasteiger partial charge in [-0.25, -0.2) is 17.6 Å². The molecule has 140 valence electrons. The van der Waals surface area contributed by atoms with Crippen LogP contribution in [0.5, 0.6) is 0 Å². The molecule has 2 rings (SSSR count). The molecule has 0 aliphatic heterocycles. The minimum absolute atomic E-state index is 0.0712. The smallest absolute Gasteiger partial charge is 0.408 e. The summed E-state index contributed by atoms with van der Waals surface area (Å²) in [4.78, 5) is 12.2. The van der Waals surface area contributed by atoms with Crippen LogP contribution in [0.25, 0.3) is 0 Å². The monoisotopic (exact) mass is 372 g/mol. The largest absolute Gasteiger partial charge is 0.444 e. The zero-order valence-electron chi connectivity index (χ0n) is 14.9. The van der Waals surface area contributed by atoms with Crippen LogP contribution < -0.4 is 11.1 Å². The van der Waals surface area contributed by atoms with E-state index in [1.807, 2.05) is 0 Å². The zero-order valence-corrected chi connectivity index (χ0v) is 15.7. The Kier molecular flexibility index (Phi) is 5.16. The van der Waals surface area contributed by atoms with E-state index < -0.39 is 44.1 Å². The van der Waals surface area contributed by atoms with E-state index >= 15 is 0 Å². The lowest BCUT2D eigenvalue weighted by Crippen LogP contribution is -2.49. The Balaban J connectivity index is 2.38. The number of halogens is 1. The van der Waals surface area contributed by atoms with Crippen LogP contribution in [0.15, 0.2) is 24.3 Å². The molecule has 0 bridgehead atoms. The Morgan fingerprint density at radius 2 is 1.88 bits per heavy atom. The molecule has 0 heterocycles. The lowest BCUT2D eigenvalue weighted by molar-refractivity contribution is 0.0497. The topological polar surface area (TPSA) is 98.5 Å². The van der Waals surface area contributed by atoms with Crippen LogP contribution in [-0.4, -0.2) is 43.2 Å². The van der Waals surface area contributed by atoms with E-state index in [4.69, 9.17) is 10.5 Å². The number of nitrogens with two attached hydrogens (primary N) is 1. The maximum absolute atomic E-state index is 13.2. The first-order chi connectivity index (χ1) is 11.5. The second-order valence-electron chi connectivity index (χ2n) is 7.27. The van der Waals surface area contributed by atoms with E-state index in [1.54, 1.807) is 27.7 Å². The fourth-order valence-corrected chi connectivity index (χ4v) is 5.23. The molecule has 1 saturated carbocycles. The fourth-order valence-electron chi connectivity index (χ4n) is 3.19. The van der Waals surface area contributed by atoms with E-state index in [9.17, 15) is 17.6 Å². The Labute approximate surface area is 147 Å². The number of alkyl carbamates (subject to hydrolysis) is 1. The van der Waals surface area contributed by atoms with Gasteiger partial charge < -0.3 is 15.8 Å². The van der Waals surface area contributed by atoms with Gasteiger partial charge in [-0.1, -0.05) is 19.1 Å². The van der Waals surface area contributed by atoms with Gasteiger partial charge in [-0.2, -0.15) is 0 Å². The summed E-state index contributed by atoms with van der Waals surface area (Å²) >= 11 is 0. The highest BCUT2D eigenvalue weighted by atomic mass is 32.2. The van der Waals surface area contributed by atoms with Gasteiger partial charge in [-0.3, -0.25) is 0 Å². The summed E-state index contributed by atoms with van der Waals surface area (Å²) in [5.74, 6) is -1.04. The van der Waals surface area contributed by atoms with Crippen molar-refractivity contribution >= 4 is 15.9 Å². The molecular formula is C17H25FN2O4S. The number of rotatable bonds is 5. The molecule has 0 aromatic heterocycles. The van der Waals surface area contributed by atoms with Crippen molar-refractivity contribution in [1.29, 1.82) is 0 Å². The summed E-state index contributed by atoms with van der Waals surface area (Å²) in [6.07, 6.45) is -0.723. The van der Waals surface area contributed by atoms with E-state index in [0.29, 0.717) is 5.56 Å². The molecule has 25 heavy (non-hydrogen) atoms. The van der Waals surface area contributed by atoms with Crippen LogP contribution in [0.1, 0.15) is 39.2 Å². The third-order valence-corrected chi connectivity index (χ3v) is 6.62. The van der Waals surface area contributed by atoms with Crippen molar-refractivity contribution in [2.24, 2.45) is 5.73 Å². The zero-order chi connectivity index (χ0) is 19.0. The molecule has 3 atom stereocenters. The van der Waals surface area contributed by atoms with Crippen molar-refractivity contribution in [1.82, 2.24) is 5.32 Å². The average Bonchev–Trinajstić information content (AvgIpc) is 3.15. The SMILES string of the molecule is CCS(=O)(=O)[C@@H]1[C@@H](c2ccc(F)cc2)[C@@]1(CN)NC(=O)OC(C)(C)C. The summed E-state index contributed by atoms with van der Waals surface area (Å²) in [5, 5.41) is 1.80. The maximum Gasteiger partial charge on any atom is 0.408 e. The summed E-state index contributed by atoms with van der Waals surface area (Å²) in [6.45, 7) is 6.62. The molecule has 1 fully saturated rings. The third-order valence-electron chi connectivity index (χ3n) is 4.35. The number of hydrogen-bond acceptors (Lipinski definition) is 5. The van der Waals surface area contributed by atoms with Crippen LogP contribution >= 0.6 is 0 Å². The normalized spacial score (nSPS) is 26.2. The number of nitrogens with one attached hydrogen (secondary N) is 1. The number of benzene rings is 1. The molecule has 1 aromatic rings. The van der Waals surface area contributed by atoms with Gasteiger partial charge in [0.15, 0.2) is 9.84 Å². The van der Waals surface area contributed by atoms with Crippen molar-refractivity contribution in [2.75, 3.05) is 12.3 Å². The van der Waals surface area contributed by atoms with Crippen molar-refractivity contribution in [3.63, 3.8) is 0 Å². The summed E-state index contributed by atoms with van der Waals surface area (Å²) < 4.78 is 43.5. The average molecular weight is 372 g/mol. The standard InChI is InChI=1S/C17H25FN2O4S/c1-5-25(22,23)14-13(11-6-8-12(18)9-7-11)17(14,10-19)20-15(21)24-16(2,3)4/h6-9,13-14H,5,10,19H2,1-4H3,(H,20,21)/t13-,14-,17-/m1/s1. The molecule has 0 radical (unpaired) electrons. The van der Waals surface area contributed by atoms with Gasteiger partial charge in [-0.15, -0.1) is 0 Å². The second kappa shape index (κ2) is 6.57. The number of ether oxygens (including phenoxy) is 1. The molecule has 0 spiro atoms. The molecular weight excluding hydrogens is 347 g/mol.